The second-order valence-corrected chi connectivity index (χ2v) is 5.62. The third-order valence-corrected chi connectivity index (χ3v) is 4.01. The minimum atomic E-state index is -0.986. The van der Waals surface area contributed by atoms with Gasteiger partial charge in [0, 0.05) is 17.2 Å². The summed E-state index contributed by atoms with van der Waals surface area (Å²) in [7, 11) is 1.59. The van der Waals surface area contributed by atoms with Crippen LogP contribution in [-0.4, -0.2) is 34.1 Å². The van der Waals surface area contributed by atoms with Gasteiger partial charge in [0.15, 0.2) is 5.76 Å². The van der Waals surface area contributed by atoms with E-state index in [0.29, 0.717) is 11.3 Å². The first-order chi connectivity index (χ1) is 13.2. The van der Waals surface area contributed by atoms with Crippen molar-refractivity contribution in [3.63, 3.8) is 0 Å². The van der Waals surface area contributed by atoms with Gasteiger partial charge < -0.3 is 25.4 Å². The molecule has 0 aliphatic heterocycles. The van der Waals surface area contributed by atoms with Crippen molar-refractivity contribution in [3.8, 4) is 17.0 Å². The van der Waals surface area contributed by atoms with Crippen LogP contribution < -0.4 is 10.5 Å². The number of oxime groups is 2. The molecule has 8 nitrogen and oxygen atoms in total. The van der Waals surface area contributed by atoms with E-state index in [2.05, 4.69) is 15.5 Å². The number of hydrogen-bond acceptors (Lipinski definition) is 8. The van der Waals surface area contributed by atoms with Crippen molar-refractivity contribution in [2.45, 2.75) is 6.04 Å². The fourth-order valence-electron chi connectivity index (χ4n) is 2.58. The molecule has 0 spiro atoms. The maximum Gasteiger partial charge on any atom is 0.160 e. The molecular weight excluding hydrogens is 348 g/mol. The highest BCUT2D eigenvalue weighted by Gasteiger charge is 2.26. The van der Waals surface area contributed by atoms with Crippen LogP contribution in [0.25, 0.3) is 11.3 Å². The number of aromatic nitrogens is 1. The summed E-state index contributed by atoms with van der Waals surface area (Å²) in [6, 6.07) is 16.7. The molecule has 3 aromatic rings. The van der Waals surface area contributed by atoms with Crippen LogP contribution in [0.5, 0.6) is 5.75 Å². The monoisotopic (exact) mass is 366 g/mol. The Bertz CT molecular complexity index is 949. The summed E-state index contributed by atoms with van der Waals surface area (Å²) in [4.78, 5) is 0. The van der Waals surface area contributed by atoms with Gasteiger partial charge in [0.05, 0.1) is 7.11 Å². The Hall–Kier alpha value is -3.65. The van der Waals surface area contributed by atoms with Gasteiger partial charge in [-0.1, -0.05) is 45.8 Å². The van der Waals surface area contributed by atoms with Crippen molar-refractivity contribution < 1.29 is 19.7 Å². The SMILES string of the molecule is COc1ccc(-c2cc(C(N)C(=NO)C(=NO)c3ccccc3)on2)cc1. The molecule has 0 aliphatic rings. The summed E-state index contributed by atoms with van der Waals surface area (Å²) in [5.74, 6) is 0.978. The van der Waals surface area contributed by atoms with Gasteiger partial charge in [-0.25, -0.2) is 0 Å². The van der Waals surface area contributed by atoms with E-state index in [1.165, 1.54) is 0 Å². The standard InChI is InChI=1S/C19H18N4O4/c1-26-14-9-7-12(8-10-14)15-11-16(27-23-15)17(20)19(22-25)18(21-24)13-5-3-2-4-6-13/h2-11,17,24-25H,20H2,1H3. The van der Waals surface area contributed by atoms with Crippen LogP contribution in [0.1, 0.15) is 17.4 Å². The quantitative estimate of drug-likeness (QED) is 0.350. The lowest BCUT2D eigenvalue weighted by Crippen LogP contribution is -2.29. The number of hydrogen-bond donors (Lipinski definition) is 3. The van der Waals surface area contributed by atoms with Crippen molar-refractivity contribution in [2.24, 2.45) is 16.0 Å². The van der Waals surface area contributed by atoms with Gasteiger partial charge in [-0.2, -0.15) is 0 Å². The Kier molecular flexibility index (Phi) is 5.48. The van der Waals surface area contributed by atoms with Gasteiger partial charge in [-0.15, -0.1) is 0 Å². The van der Waals surface area contributed by atoms with Crippen molar-refractivity contribution in [2.75, 3.05) is 7.11 Å². The first-order valence-electron chi connectivity index (χ1n) is 8.04. The summed E-state index contributed by atoms with van der Waals surface area (Å²) >= 11 is 0. The van der Waals surface area contributed by atoms with Gasteiger partial charge >= 0.3 is 0 Å². The van der Waals surface area contributed by atoms with Crippen LogP contribution in [0.15, 0.2) is 75.5 Å². The molecule has 138 valence electrons. The number of methoxy groups -OCH3 is 1. The molecule has 3 rings (SSSR count). The Morgan fingerprint density at radius 1 is 1.07 bits per heavy atom. The van der Waals surface area contributed by atoms with Crippen LogP contribution >= 0.6 is 0 Å². The average molecular weight is 366 g/mol. The summed E-state index contributed by atoms with van der Waals surface area (Å²) in [6.07, 6.45) is 0. The molecule has 27 heavy (non-hydrogen) atoms. The first-order valence-corrected chi connectivity index (χ1v) is 8.04. The average Bonchev–Trinajstić information content (AvgIpc) is 3.22. The molecule has 1 atom stereocenters. The highest BCUT2D eigenvalue weighted by atomic mass is 16.5. The molecule has 0 saturated carbocycles. The van der Waals surface area contributed by atoms with Gasteiger partial charge in [0.2, 0.25) is 0 Å². The van der Waals surface area contributed by atoms with Gasteiger partial charge in [0.25, 0.3) is 0 Å². The minimum absolute atomic E-state index is 0.0352. The lowest BCUT2D eigenvalue weighted by molar-refractivity contribution is 0.310. The van der Waals surface area contributed by atoms with Gasteiger partial charge in [-0.05, 0) is 24.3 Å². The molecule has 0 bridgehead atoms. The number of benzene rings is 2. The molecule has 1 heterocycles. The predicted molar refractivity (Wildman–Crippen MR) is 99.4 cm³/mol. The zero-order valence-corrected chi connectivity index (χ0v) is 14.5. The molecule has 2 aromatic carbocycles. The summed E-state index contributed by atoms with van der Waals surface area (Å²) in [5, 5.41) is 29.3. The summed E-state index contributed by atoms with van der Waals surface area (Å²) in [6.45, 7) is 0. The highest BCUT2D eigenvalue weighted by molar-refractivity contribution is 6.49. The fourth-order valence-corrected chi connectivity index (χ4v) is 2.58. The fraction of sp³-hybridized carbons (Fsp3) is 0.105. The molecule has 8 heteroatoms. The summed E-state index contributed by atoms with van der Waals surface area (Å²) < 4.78 is 10.4. The van der Waals surface area contributed by atoms with Crippen molar-refractivity contribution in [3.05, 3.63) is 72.0 Å². The molecule has 0 radical (unpaired) electrons. The largest absolute Gasteiger partial charge is 0.497 e. The van der Waals surface area contributed by atoms with E-state index < -0.39 is 6.04 Å². The topological polar surface area (TPSA) is 126 Å². The third kappa shape index (κ3) is 3.80. The number of ether oxygens (including phenoxy) is 1. The third-order valence-electron chi connectivity index (χ3n) is 4.01. The van der Waals surface area contributed by atoms with Crippen LogP contribution in [0.3, 0.4) is 0 Å². The molecule has 0 saturated heterocycles. The normalized spacial score (nSPS) is 13.4. The van der Waals surface area contributed by atoms with Crippen molar-refractivity contribution >= 4 is 11.4 Å². The van der Waals surface area contributed by atoms with Crippen LogP contribution in [0.4, 0.5) is 0 Å². The molecule has 0 aliphatic carbocycles. The lowest BCUT2D eigenvalue weighted by Gasteiger charge is -2.11. The van der Waals surface area contributed by atoms with E-state index in [0.717, 1.165) is 11.3 Å². The lowest BCUT2D eigenvalue weighted by atomic mass is 9.99. The van der Waals surface area contributed by atoms with Gasteiger partial charge in [0.1, 0.15) is 28.9 Å². The maximum absolute atomic E-state index is 9.44. The van der Waals surface area contributed by atoms with E-state index in [1.807, 2.05) is 18.2 Å². The van der Waals surface area contributed by atoms with Crippen molar-refractivity contribution in [1.29, 1.82) is 0 Å². The van der Waals surface area contributed by atoms with Crippen LogP contribution in [-0.2, 0) is 0 Å². The van der Waals surface area contributed by atoms with E-state index in [1.54, 1.807) is 49.6 Å². The Morgan fingerprint density at radius 3 is 2.37 bits per heavy atom. The zero-order chi connectivity index (χ0) is 19.2. The molecule has 1 aromatic heterocycles. The first kappa shape index (κ1) is 18.2. The minimum Gasteiger partial charge on any atom is -0.497 e. The van der Waals surface area contributed by atoms with E-state index in [4.69, 9.17) is 15.0 Å². The molecule has 1 unspecified atom stereocenters. The molecule has 0 fully saturated rings. The second-order valence-electron chi connectivity index (χ2n) is 5.62. The summed E-state index contributed by atoms with van der Waals surface area (Å²) in [5.41, 5.74) is 8.05. The smallest absolute Gasteiger partial charge is 0.160 e. The van der Waals surface area contributed by atoms with E-state index in [-0.39, 0.29) is 17.2 Å². The van der Waals surface area contributed by atoms with Crippen molar-refractivity contribution in [1.82, 2.24) is 5.16 Å². The Balaban J connectivity index is 1.88. The highest BCUT2D eigenvalue weighted by Crippen LogP contribution is 2.25. The second kappa shape index (κ2) is 8.15. The van der Waals surface area contributed by atoms with Crippen LogP contribution in [0, 0.1) is 0 Å². The zero-order valence-electron chi connectivity index (χ0n) is 14.5. The molecular formula is C19H18N4O4. The maximum atomic E-state index is 9.44. The van der Waals surface area contributed by atoms with Crippen LogP contribution in [0.2, 0.25) is 0 Å². The predicted octanol–water partition coefficient (Wildman–Crippen LogP) is 3.06. The van der Waals surface area contributed by atoms with E-state index >= 15 is 0 Å². The number of nitrogens with two attached hydrogens (primary N) is 1. The molecule has 0 amide bonds. The van der Waals surface area contributed by atoms with Gasteiger partial charge in [-0.3, -0.25) is 0 Å². The number of rotatable bonds is 6. The Morgan fingerprint density at radius 2 is 1.78 bits per heavy atom. The Labute approximate surface area is 155 Å². The molecule has 4 N–H and O–H groups in total. The van der Waals surface area contributed by atoms with E-state index in [9.17, 15) is 10.4 Å². The number of nitrogens with zero attached hydrogens (tertiary/aromatic N) is 3.